The Kier molecular flexibility index (Phi) is 4.74. The van der Waals surface area contributed by atoms with Gasteiger partial charge in [0.2, 0.25) is 5.91 Å². The molecule has 0 radical (unpaired) electrons. The molecule has 4 heteroatoms. The zero-order chi connectivity index (χ0) is 12.2. The standard InChI is InChI=1S/C12H24N2O2/c1-12(2,3)13-11(15)9-16-10-5-7-14(4)8-6-10/h10H,5-9H2,1-4H3,(H,13,15). The van der Waals surface area contributed by atoms with Crippen molar-refractivity contribution in [2.24, 2.45) is 0 Å². The van der Waals surface area contributed by atoms with Crippen LogP contribution in [0, 0.1) is 0 Å². The first-order valence-electron chi connectivity index (χ1n) is 5.98. The molecule has 1 heterocycles. The van der Waals surface area contributed by atoms with Crippen molar-refractivity contribution in [3.63, 3.8) is 0 Å². The normalized spacial score (nSPS) is 19.8. The van der Waals surface area contributed by atoms with E-state index in [-0.39, 0.29) is 24.2 Å². The van der Waals surface area contributed by atoms with Crippen LogP contribution in [0.4, 0.5) is 0 Å². The highest BCUT2D eigenvalue weighted by Gasteiger charge is 2.19. The van der Waals surface area contributed by atoms with E-state index in [9.17, 15) is 4.79 Å². The molecule has 1 fully saturated rings. The van der Waals surface area contributed by atoms with Crippen LogP contribution in [0.3, 0.4) is 0 Å². The summed E-state index contributed by atoms with van der Waals surface area (Å²) in [4.78, 5) is 13.8. The number of carbonyl (C=O) groups excluding carboxylic acids is 1. The van der Waals surface area contributed by atoms with E-state index in [2.05, 4.69) is 17.3 Å². The number of ether oxygens (including phenoxy) is 1. The molecule has 1 saturated heterocycles. The van der Waals surface area contributed by atoms with Crippen LogP contribution in [0.25, 0.3) is 0 Å². The lowest BCUT2D eigenvalue weighted by Crippen LogP contribution is -2.43. The van der Waals surface area contributed by atoms with Crippen LogP contribution in [0.1, 0.15) is 33.6 Å². The van der Waals surface area contributed by atoms with Gasteiger partial charge in [-0.25, -0.2) is 0 Å². The van der Waals surface area contributed by atoms with Crippen molar-refractivity contribution in [3.05, 3.63) is 0 Å². The Hall–Kier alpha value is -0.610. The van der Waals surface area contributed by atoms with Gasteiger partial charge in [0.25, 0.3) is 0 Å². The molecule has 0 aromatic carbocycles. The van der Waals surface area contributed by atoms with Crippen molar-refractivity contribution < 1.29 is 9.53 Å². The number of hydrogen-bond donors (Lipinski definition) is 1. The smallest absolute Gasteiger partial charge is 0.246 e. The van der Waals surface area contributed by atoms with Gasteiger partial charge in [0.1, 0.15) is 6.61 Å². The molecule has 0 atom stereocenters. The summed E-state index contributed by atoms with van der Waals surface area (Å²) in [5.41, 5.74) is -0.173. The second kappa shape index (κ2) is 5.64. The van der Waals surface area contributed by atoms with Gasteiger partial charge in [-0.05, 0) is 40.7 Å². The van der Waals surface area contributed by atoms with Crippen LogP contribution in [0.5, 0.6) is 0 Å². The maximum Gasteiger partial charge on any atom is 0.246 e. The van der Waals surface area contributed by atoms with Crippen molar-refractivity contribution in [2.75, 3.05) is 26.7 Å². The Balaban J connectivity index is 2.17. The fourth-order valence-electron chi connectivity index (χ4n) is 1.80. The third-order valence-electron chi connectivity index (χ3n) is 2.63. The Morgan fingerprint density at radius 2 is 1.94 bits per heavy atom. The molecule has 1 rings (SSSR count). The van der Waals surface area contributed by atoms with E-state index < -0.39 is 0 Å². The predicted octanol–water partition coefficient (Wildman–Crippen LogP) is 1.01. The maximum absolute atomic E-state index is 11.5. The van der Waals surface area contributed by atoms with E-state index in [4.69, 9.17) is 4.74 Å². The van der Waals surface area contributed by atoms with E-state index in [0.717, 1.165) is 25.9 Å². The quantitative estimate of drug-likeness (QED) is 0.784. The second-order valence-corrected chi connectivity index (χ2v) is 5.61. The molecule has 1 amide bonds. The van der Waals surface area contributed by atoms with Crippen LogP contribution in [-0.2, 0) is 9.53 Å². The molecule has 0 aromatic rings. The zero-order valence-electron chi connectivity index (χ0n) is 10.9. The van der Waals surface area contributed by atoms with Crippen molar-refractivity contribution in [1.29, 1.82) is 0 Å². The minimum Gasteiger partial charge on any atom is -0.368 e. The average molecular weight is 228 g/mol. The molecule has 0 spiro atoms. The van der Waals surface area contributed by atoms with Gasteiger partial charge in [-0.3, -0.25) is 4.79 Å². The monoisotopic (exact) mass is 228 g/mol. The molecule has 0 unspecified atom stereocenters. The molecule has 1 aliphatic rings. The lowest BCUT2D eigenvalue weighted by molar-refractivity contribution is -0.130. The lowest BCUT2D eigenvalue weighted by atomic mass is 10.1. The van der Waals surface area contributed by atoms with Crippen molar-refractivity contribution in [3.8, 4) is 0 Å². The first kappa shape index (κ1) is 13.5. The molecule has 0 aromatic heterocycles. The first-order valence-corrected chi connectivity index (χ1v) is 5.98. The number of nitrogens with zero attached hydrogens (tertiary/aromatic N) is 1. The van der Waals surface area contributed by atoms with Gasteiger partial charge in [-0.2, -0.15) is 0 Å². The fraction of sp³-hybridized carbons (Fsp3) is 0.917. The third-order valence-corrected chi connectivity index (χ3v) is 2.63. The van der Waals surface area contributed by atoms with Crippen molar-refractivity contribution in [2.45, 2.75) is 45.3 Å². The van der Waals surface area contributed by atoms with E-state index in [0.29, 0.717) is 0 Å². The molecule has 1 N–H and O–H groups in total. The molecule has 16 heavy (non-hydrogen) atoms. The average Bonchev–Trinajstić information content (AvgIpc) is 2.14. The predicted molar refractivity (Wildman–Crippen MR) is 64.4 cm³/mol. The highest BCUT2D eigenvalue weighted by Crippen LogP contribution is 2.11. The zero-order valence-corrected chi connectivity index (χ0v) is 10.9. The summed E-state index contributed by atoms with van der Waals surface area (Å²) >= 11 is 0. The van der Waals surface area contributed by atoms with E-state index in [1.54, 1.807) is 0 Å². The Bertz CT molecular complexity index is 228. The van der Waals surface area contributed by atoms with Crippen molar-refractivity contribution >= 4 is 5.91 Å². The van der Waals surface area contributed by atoms with Crippen LogP contribution < -0.4 is 5.32 Å². The van der Waals surface area contributed by atoms with Gasteiger partial charge in [0, 0.05) is 18.6 Å². The minimum absolute atomic E-state index is 0.0218. The number of likely N-dealkylation sites (tertiary alicyclic amines) is 1. The second-order valence-electron chi connectivity index (χ2n) is 5.61. The van der Waals surface area contributed by atoms with Gasteiger partial charge >= 0.3 is 0 Å². The topological polar surface area (TPSA) is 41.6 Å². The van der Waals surface area contributed by atoms with Crippen LogP contribution in [0.2, 0.25) is 0 Å². The van der Waals surface area contributed by atoms with Crippen LogP contribution >= 0.6 is 0 Å². The maximum atomic E-state index is 11.5. The highest BCUT2D eigenvalue weighted by atomic mass is 16.5. The molecular formula is C12H24N2O2. The number of piperidine rings is 1. The Labute approximate surface area is 98.3 Å². The van der Waals surface area contributed by atoms with Crippen LogP contribution in [0.15, 0.2) is 0 Å². The summed E-state index contributed by atoms with van der Waals surface area (Å²) in [7, 11) is 2.11. The minimum atomic E-state index is -0.173. The number of hydrogen-bond acceptors (Lipinski definition) is 3. The van der Waals surface area contributed by atoms with Gasteiger partial charge in [0.15, 0.2) is 0 Å². The summed E-state index contributed by atoms with van der Waals surface area (Å²) in [5.74, 6) is -0.0218. The molecule has 94 valence electrons. The van der Waals surface area contributed by atoms with Gasteiger partial charge in [0.05, 0.1) is 6.10 Å². The molecular weight excluding hydrogens is 204 g/mol. The van der Waals surface area contributed by atoms with Gasteiger partial charge in [-0.15, -0.1) is 0 Å². The van der Waals surface area contributed by atoms with Crippen LogP contribution in [-0.4, -0.2) is 49.2 Å². The lowest BCUT2D eigenvalue weighted by Gasteiger charge is -2.29. The summed E-state index contributed by atoms with van der Waals surface area (Å²) in [5, 5.41) is 2.89. The SMILES string of the molecule is CN1CCC(OCC(=O)NC(C)(C)C)CC1. The molecule has 0 aliphatic carbocycles. The number of rotatable bonds is 3. The largest absolute Gasteiger partial charge is 0.368 e. The summed E-state index contributed by atoms with van der Waals surface area (Å²) in [6.45, 7) is 8.23. The third kappa shape index (κ3) is 5.47. The number of carbonyl (C=O) groups is 1. The molecule has 1 aliphatic heterocycles. The van der Waals surface area contributed by atoms with Crippen molar-refractivity contribution in [1.82, 2.24) is 10.2 Å². The van der Waals surface area contributed by atoms with E-state index >= 15 is 0 Å². The summed E-state index contributed by atoms with van der Waals surface area (Å²) in [6, 6.07) is 0. The Morgan fingerprint density at radius 3 is 2.44 bits per heavy atom. The summed E-state index contributed by atoms with van der Waals surface area (Å²) in [6.07, 6.45) is 2.31. The van der Waals surface area contributed by atoms with E-state index in [1.165, 1.54) is 0 Å². The highest BCUT2D eigenvalue weighted by molar-refractivity contribution is 5.77. The first-order chi connectivity index (χ1) is 7.37. The molecule has 0 bridgehead atoms. The molecule has 0 saturated carbocycles. The van der Waals surface area contributed by atoms with Gasteiger partial charge < -0.3 is 15.0 Å². The van der Waals surface area contributed by atoms with E-state index in [1.807, 2.05) is 20.8 Å². The summed E-state index contributed by atoms with van der Waals surface area (Å²) < 4.78 is 5.60. The Morgan fingerprint density at radius 1 is 1.38 bits per heavy atom. The number of nitrogens with one attached hydrogen (secondary N) is 1. The van der Waals surface area contributed by atoms with Gasteiger partial charge in [-0.1, -0.05) is 0 Å². The molecule has 4 nitrogen and oxygen atoms in total. The number of amides is 1. The fourth-order valence-corrected chi connectivity index (χ4v) is 1.80.